The number of nitrogens with zero attached hydrogens (tertiary/aromatic N) is 1. The number of nitrogens with one attached hydrogen (secondary N) is 2. The molecule has 0 unspecified atom stereocenters. The Kier molecular flexibility index (Phi) is 6.15. The van der Waals surface area contributed by atoms with E-state index in [1.165, 1.54) is 12.1 Å². The third-order valence-electron chi connectivity index (χ3n) is 4.60. The van der Waals surface area contributed by atoms with Crippen LogP contribution in [0.1, 0.15) is 37.5 Å². The topological polar surface area (TPSA) is 70.7 Å². The average molecular weight is 435 g/mol. The number of hydrogen-bond acceptors (Lipinski definition) is 3. The number of alkyl halides is 3. The third kappa shape index (κ3) is 6.13. The van der Waals surface area contributed by atoms with Crippen LogP contribution in [-0.4, -0.2) is 29.2 Å². The summed E-state index contributed by atoms with van der Waals surface area (Å²) in [5.41, 5.74) is 1.42. The summed E-state index contributed by atoms with van der Waals surface area (Å²) in [6.45, 7) is 6.37. The SMILES string of the molecule is CC(C)(C)OC(=O)N1CCc2cc(NC(=O)Nc3ccc(C(F)(F)F)cc3)ccc2C1. The molecule has 3 rings (SSSR count). The van der Waals surface area contributed by atoms with E-state index in [0.29, 0.717) is 25.2 Å². The van der Waals surface area contributed by atoms with Gasteiger partial charge in [0.1, 0.15) is 5.60 Å². The van der Waals surface area contributed by atoms with Crippen molar-refractivity contribution in [1.29, 1.82) is 0 Å². The minimum atomic E-state index is -4.43. The number of halogens is 3. The molecule has 166 valence electrons. The van der Waals surface area contributed by atoms with E-state index < -0.39 is 23.4 Å². The van der Waals surface area contributed by atoms with Crippen LogP contribution >= 0.6 is 0 Å². The predicted octanol–water partition coefficient (Wildman–Crippen LogP) is 5.64. The standard InChI is InChI=1S/C22H24F3N3O3/c1-21(2,3)31-20(30)28-11-10-14-12-18(7-4-15(14)13-28)27-19(29)26-17-8-5-16(6-9-17)22(23,24)25/h4-9,12H,10-11,13H2,1-3H3,(H2,26,27,29). The Morgan fingerprint density at radius 3 is 2.16 bits per heavy atom. The summed E-state index contributed by atoms with van der Waals surface area (Å²) in [6.07, 6.45) is -4.18. The lowest BCUT2D eigenvalue weighted by atomic mass is 9.99. The summed E-state index contributed by atoms with van der Waals surface area (Å²) < 4.78 is 43.3. The molecule has 2 aromatic rings. The molecule has 0 bridgehead atoms. The molecule has 6 nitrogen and oxygen atoms in total. The zero-order valence-corrected chi connectivity index (χ0v) is 17.5. The van der Waals surface area contributed by atoms with Crippen LogP contribution < -0.4 is 10.6 Å². The maximum absolute atomic E-state index is 12.6. The van der Waals surface area contributed by atoms with E-state index in [1.54, 1.807) is 11.0 Å². The zero-order chi connectivity index (χ0) is 22.8. The maximum Gasteiger partial charge on any atom is 0.416 e. The van der Waals surface area contributed by atoms with Gasteiger partial charge in [-0.3, -0.25) is 0 Å². The number of rotatable bonds is 2. The van der Waals surface area contributed by atoms with Gasteiger partial charge in [0, 0.05) is 24.5 Å². The normalized spacial score (nSPS) is 13.9. The molecule has 0 aliphatic carbocycles. The van der Waals surface area contributed by atoms with E-state index in [-0.39, 0.29) is 11.8 Å². The average Bonchev–Trinajstić information content (AvgIpc) is 2.66. The molecule has 0 saturated carbocycles. The highest BCUT2D eigenvalue weighted by Gasteiger charge is 2.30. The third-order valence-corrected chi connectivity index (χ3v) is 4.60. The van der Waals surface area contributed by atoms with Crippen molar-refractivity contribution in [2.45, 2.75) is 45.5 Å². The molecule has 1 heterocycles. The van der Waals surface area contributed by atoms with E-state index in [1.807, 2.05) is 32.9 Å². The van der Waals surface area contributed by atoms with E-state index in [0.717, 1.165) is 23.3 Å². The van der Waals surface area contributed by atoms with Crippen LogP contribution in [0.3, 0.4) is 0 Å². The Labute approximate surface area is 178 Å². The Bertz CT molecular complexity index is 967. The predicted molar refractivity (Wildman–Crippen MR) is 111 cm³/mol. The fraction of sp³-hybridized carbons (Fsp3) is 0.364. The summed E-state index contributed by atoms with van der Waals surface area (Å²) in [4.78, 5) is 26.1. The Morgan fingerprint density at radius 2 is 1.55 bits per heavy atom. The van der Waals surface area contributed by atoms with Crippen molar-refractivity contribution in [3.63, 3.8) is 0 Å². The lowest BCUT2D eigenvalue weighted by Gasteiger charge is -2.31. The van der Waals surface area contributed by atoms with Crippen molar-refractivity contribution >= 4 is 23.5 Å². The van der Waals surface area contributed by atoms with Crippen molar-refractivity contribution in [1.82, 2.24) is 4.90 Å². The molecule has 0 saturated heterocycles. The van der Waals surface area contributed by atoms with Crippen LogP contribution in [0.4, 0.5) is 34.1 Å². The molecule has 31 heavy (non-hydrogen) atoms. The minimum absolute atomic E-state index is 0.247. The molecular formula is C22H24F3N3O3. The van der Waals surface area contributed by atoms with Crippen LogP contribution in [0.25, 0.3) is 0 Å². The lowest BCUT2D eigenvalue weighted by Crippen LogP contribution is -2.39. The molecule has 0 radical (unpaired) electrons. The maximum atomic E-state index is 12.6. The number of anilines is 2. The van der Waals surface area contributed by atoms with Crippen LogP contribution in [0.5, 0.6) is 0 Å². The summed E-state index contributed by atoms with van der Waals surface area (Å²) >= 11 is 0. The van der Waals surface area contributed by atoms with E-state index in [4.69, 9.17) is 4.74 Å². The fourth-order valence-electron chi connectivity index (χ4n) is 3.15. The largest absolute Gasteiger partial charge is 0.444 e. The number of carbonyl (C=O) groups excluding carboxylic acids is 2. The van der Waals surface area contributed by atoms with Gasteiger partial charge in [0.05, 0.1) is 5.56 Å². The van der Waals surface area contributed by atoms with Gasteiger partial charge in [-0.2, -0.15) is 13.2 Å². The molecule has 9 heteroatoms. The first-order valence-corrected chi connectivity index (χ1v) is 9.76. The van der Waals surface area contributed by atoms with Gasteiger partial charge in [-0.25, -0.2) is 9.59 Å². The molecular weight excluding hydrogens is 411 g/mol. The molecule has 1 aliphatic heterocycles. The smallest absolute Gasteiger partial charge is 0.416 e. The number of amides is 3. The van der Waals surface area contributed by atoms with E-state index in [9.17, 15) is 22.8 Å². The first-order chi connectivity index (χ1) is 14.4. The lowest BCUT2D eigenvalue weighted by molar-refractivity contribution is -0.137. The van der Waals surface area contributed by atoms with Gasteiger partial charge in [0.2, 0.25) is 0 Å². The van der Waals surface area contributed by atoms with Crippen LogP contribution in [0.15, 0.2) is 42.5 Å². The number of carbonyl (C=O) groups is 2. The molecule has 2 aromatic carbocycles. The molecule has 0 aromatic heterocycles. The van der Waals surface area contributed by atoms with Crippen LogP contribution in [0, 0.1) is 0 Å². The number of benzene rings is 2. The Morgan fingerprint density at radius 1 is 0.935 bits per heavy atom. The Balaban J connectivity index is 1.59. The first-order valence-electron chi connectivity index (χ1n) is 9.76. The highest BCUT2D eigenvalue weighted by molar-refractivity contribution is 5.99. The van der Waals surface area contributed by atoms with E-state index >= 15 is 0 Å². The van der Waals surface area contributed by atoms with Crippen molar-refractivity contribution in [3.05, 3.63) is 59.2 Å². The van der Waals surface area contributed by atoms with Gasteiger partial charge in [0.15, 0.2) is 0 Å². The summed E-state index contributed by atoms with van der Waals surface area (Å²) in [5.74, 6) is 0. The molecule has 3 amide bonds. The number of ether oxygens (including phenoxy) is 1. The van der Waals surface area contributed by atoms with Crippen molar-refractivity contribution in [2.24, 2.45) is 0 Å². The first kappa shape index (κ1) is 22.5. The minimum Gasteiger partial charge on any atom is -0.444 e. The quantitative estimate of drug-likeness (QED) is 0.641. The Hall–Kier alpha value is -3.23. The van der Waals surface area contributed by atoms with Gasteiger partial charge in [-0.05, 0) is 74.7 Å². The highest BCUT2D eigenvalue weighted by atomic mass is 19.4. The second-order valence-corrected chi connectivity index (χ2v) is 8.29. The molecule has 0 spiro atoms. The van der Waals surface area contributed by atoms with Gasteiger partial charge >= 0.3 is 18.3 Å². The summed E-state index contributed by atoms with van der Waals surface area (Å²) in [5, 5.41) is 5.18. The number of hydrogen-bond donors (Lipinski definition) is 2. The fourth-order valence-corrected chi connectivity index (χ4v) is 3.15. The number of urea groups is 1. The van der Waals surface area contributed by atoms with Crippen molar-refractivity contribution in [3.8, 4) is 0 Å². The van der Waals surface area contributed by atoms with Crippen LogP contribution in [-0.2, 0) is 23.9 Å². The number of fused-ring (bicyclic) bond motifs is 1. The molecule has 1 aliphatic rings. The molecule has 0 atom stereocenters. The van der Waals surface area contributed by atoms with E-state index in [2.05, 4.69) is 10.6 Å². The monoisotopic (exact) mass is 435 g/mol. The summed E-state index contributed by atoms with van der Waals surface area (Å²) in [6, 6.07) is 9.01. The van der Waals surface area contributed by atoms with Crippen LogP contribution in [0.2, 0.25) is 0 Å². The van der Waals surface area contributed by atoms with Gasteiger partial charge in [-0.1, -0.05) is 6.07 Å². The van der Waals surface area contributed by atoms with Crippen molar-refractivity contribution < 1.29 is 27.5 Å². The zero-order valence-electron chi connectivity index (χ0n) is 17.5. The molecule has 0 fully saturated rings. The summed E-state index contributed by atoms with van der Waals surface area (Å²) in [7, 11) is 0. The second kappa shape index (κ2) is 8.49. The second-order valence-electron chi connectivity index (χ2n) is 8.29. The van der Waals surface area contributed by atoms with Gasteiger partial charge in [-0.15, -0.1) is 0 Å². The molecule has 2 N–H and O–H groups in total. The van der Waals surface area contributed by atoms with Gasteiger partial charge < -0.3 is 20.3 Å². The van der Waals surface area contributed by atoms with Crippen molar-refractivity contribution in [2.75, 3.05) is 17.2 Å². The van der Waals surface area contributed by atoms with Gasteiger partial charge in [0.25, 0.3) is 0 Å². The highest BCUT2D eigenvalue weighted by Crippen LogP contribution is 2.30.